The van der Waals surface area contributed by atoms with E-state index in [1.807, 2.05) is 6.92 Å². The third-order valence-electron chi connectivity index (χ3n) is 2.06. The molecule has 1 aliphatic carbocycles. The van der Waals surface area contributed by atoms with Crippen molar-refractivity contribution in [3.05, 3.63) is 0 Å². The standard InChI is InChI=1S/C8H14O/c1-8(2)6-4-3-5-7(8)9/h3-6H2,1-2H3/i1D/t8-/m0/s1. The van der Waals surface area contributed by atoms with E-state index >= 15 is 0 Å². The molecule has 0 aromatic rings. The Labute approximate surface area is 57.9 Å². The van der Waals surface area contributed by atoms with Crippen LogP contribution in [0.2, 0.25) is 0 Å². The quantitative estimate of drug-likeness (QED) is 0.487. The Morgan fingerprint density at radius 3 is 2.89 bits per heavy atom. The predicted octanol–water partition coefficient (Wildman–Crippen LogP) is 2.16. The molecular weight excluding hydrogens is 112 g/mol. The highest BCUT2D eigenvalue weighted by atomic mass is 16.1. The SMILES string of the molecule is [2H]C[C@]1(C)CCCCC1=O. The average molecular weight is 127 g/mol. The van der Waals surface area contributed by atoms with Gasteiger partial charge in [-0.15, -0.1) is 0 Å². The molecule has 52 valence electrons. The lowest BCUT2D eigenvalue weighted by Gasteiger charge is -2.27. The molecule has 0 unspecified atom stereocenters. The Morgan fingerprint density at radius 2 is 2.44 bits per heavy atom. The molecule has 0 bridgehead atoms. The van der Waals surface area contributed by atoms with Crippen molar-refractivity contribution in [3.63, 3.8) is 0 Å². The van der Waals surface area contributed by atoms with Crippen molar-refractivity contribution in [2.24, 2.45) is 5.41 Å². The summed E-state index contributed by atoms with van der Waals surface area (Å²) in [4.78, 5) is 11.2. The minimum Gasteiger partial charge on any atom is -0.299 e. The molecule has 1 rings (SSSR count). The molecule has 0 N–H and O–H groups in total. The van der Waals surface area contributed by atoms with Crippen molar-refractivity contribution in [1.29, 1.82) is 0 Å². The summed E-state index contributed by atoms with van der Waals surface area (Å²) < 4.78 is 7.20. The number of carbonyl (C=O) groups is 1. The van der Waals surface area contributed by atoms with Gasteiger partial charge in [0.1, 0.15) is 5.78 Å². The maximum atomic E-state index is 11.2. The Bertz CT molecular complexity index is 144. The average Bonchev–Trinajstić information content (AvgIpc) is 1.96. The Hall–Kier alpha value is -0.330. The molecule has 0 amide bonds. The lowest BCUT2D eigenvalue weighted by Crippen LogP contribution is -2.27. The van der Waals surface area contributed by atoms with Gasteiger partial charge in [-0.1, -0.05) is 20.2 Å². The minimum atomic E-state index is -0.293. The van der Waals surface area contributed by atoms with Crippen molar-refractivity contribution in [2.45, 2.75) is 39.5 Å². The van der Waals surface area contributed by atoms with Gasteiger partial charge in [0.2, 0.25) is 0 Å². The van der Waals surface area contributed by atoms with E-state index in [1.54, 1.807) is 0 Å². The Morgan fingerprint density at radius 1 is 1.67 bits per heavy atom. The van der Waals surface area contributed by atoms with E-state index in [-0.39, 0.29) is 12.3 Å². The van der Waals surface area contributed by atoms with Crippen LogP contribution in [-0.4, -0.2) is 5.78 Å². The topological polar surface area (TPSA) is 17.1 Å². The van der Waals surface area contributed by atoms with Gasteiger partial charge in [-0.2, -0.15) is 0 Å². The molecule has 0 spiro atoms. The third-order valence-corrected chi connectivity index (χ3v) is 2.06. The second-order valence-corrected chi connectivity index (χ2v) is 3.19. The Kier molecular flexibility index (Phi) is 1.29. The molecule has 0 radical (unpaired) electrons. The van der Waals surface area contributed by atoms with Gasteiger partial charge in [-0.05, 0) is 12.8 Å². The van der Waals surface area contributed by atoms with Crippen LogP contribution in [0.25, 0.3) is 0 Å². The van der Waals surface area contributed by atoms with Crippen LogP contribution < -0.4 is 0 Å². The van der Waals surface area contributed by atoms with E-state index in [1.165, 1.54) is 0 Å². The minimum absolute atomic E-state index is 0.270. The van der Waals surface area contributed by atoms with Crippen molar-refractivity contribution in [1.82, 2.24) is 0 Å². The molecule has 0 heterocycles. The predicted molar refractivity (Wildman–Crippen MR) is 37.3 cm³/mol. The van der Waals surface area contributed by atoms with E-state index < -0.39 is 0 Å². The van der Waals surface area contributed by atoms with Gasteiger partial charge >= 0.3 is 0 Å². The summed E-state index contributed by atoms with van der Waals surface area (Å²) in [6.07, 6.45) is 3.79. The summed E-state index contributed by atoms with van der Waals surface area (Å²) in [5, 5.41) is 0. The fraction of sp³-hybridized carbons (Fsp3) is 0.875. The lowest BCUT2D eigenvalue weighted by molar-refractivity contribution is -0.129. The monoisotopic (exact) mass is 127 g/mol. The van der Waals surface area contributed by atoms with Gasteiger partial charge in [-0.25, -0.2) is 0 Å². The smallest absolute Gasteiger partial charge is 0.138 e. The molecular formula is C8H14O. The van der Waals surface area contributed by atoms with Crippen LogP contribution in [0.5, 0.6) is 0 Å². The van der Waals surface area contributed by atoms with E-state index in [0.29, 0.717) is 12.2 Å². The van der Waals surface area contributed by atoms with Crippen LogP contribution in [0.4, 0.5) is 0 Å². The van der Waals surface area contributed by atoms with Crippen molar-refractivity contribution in [2.75, 3.05) is 0 Å². The third kappa shape index (κ3) is 1.32. The van der Waals surface area contributed by atoms with Crippen molar-refractivity contribution in [3.8, 4) is 0 Å². The molecule has 0 aromatic carbocycles. The molecule has 1 fully saturated rings. The first-order valence-corrected chi connectivity index (χ1v) is 3.51. The number of hydrogen-bond acceptors (Lipinski definition) is 1. The van der Waals surface area contributed by atoms with Crippen molar-refractivity contribution < 1.29 is 6.17 Å². The zero-order valence-corrected chi connectivity index (χ0v) is 5.94. The summed E-state index contributed by atoms with van der Waals surface area (Å²) in [6.45, 7) is 2.19. The second-order valence-electron chi connectivity index (χ2n) is 3.19. The molecule has 1 nitrogen and oxygen atoms in total. The zero-order chi connectivity index (χ0) is 7.61. The summed E-state index contributed by atoms with van der Waals surface area (Å²) >= 11 is 0. The van der Waals surface area contributed by atoms with Crippen molar-refractivity contribution >= 4 is 5.78 Å². The van der Waals surface area contributed by atoms with Gasteiger partial charge in [-0.3, -0.25) is 4.79 Å². The van der Waals surface area contributed by atoms with Crippen LogP contribution >= 0.6 is 0 Å². The number of hydrogen-bond donors (Lipinski definition) is 0. The highest BCUT2D eigenvalue weighted by Gasteiger charge is 2.29. The first-order valence-electron chi connectivity index (χ1n) is 4.22. The van der Waals surface area contributed by atoms with Gasteiger partial charge < -0.3 is 0 Å². The highest BCUT2D eigenvalue weighted by Crippen LogP contribution is 2.31. The lowest BCUT2D eigenvalue weighted by atomic mass is 9.76. The summed E-state index contributed by atoms with van der Waals surface area (Å²) in [7, 11) is 0. The molecule has 1 saturated carbocycles. The first kappa shape index (κ1) is 5.45. The molecule has 1 atom stereocenters. The largest absolute Gasteiger partial charge is 0.299 e. The van der Waals surface area contributed by atoms with E-state index in [4.69, 9.17) is 1.37 Å². The van der Waals surface area contributed by atoms with E-state index in [2.05, 4.69) is 0 Å². The number of carbonyl (C=O) groups excluding carboxylic acids is 1. The molecule has 0 saturated heterocycles. The van der Waals surface area contributed by atoms with Crippen LogP contribution in [0.15, 0.2) is 0 Å². The molecule has 0 aromatic heterocycles. The fourth-order valence-electron chi connectivity index (χ4n) is 1.24. The number of ketones is 1. The summed E-state index contributed by atoms with van der Waals surface area (Å²) in [6, 6.07) is 0. The maximum Gasteiger partial charge on any atom is 0.138 e. The zero-order valence-electron chi connectivity index (χ0n) is 6.94. The van der Waals surface area contributed by atoms with Crippen LogP contribution in [-0.2, 0) is 4.79 Å². The number of Topliss-reactive ketones (excluding diaryl/α,β-unsaturated/α-hetero) is 1. The van der Waals surface area contributed by atoms with E-state index in [0.717, 1.165) is 19.3 Å². The van der Waals surface area contributed by atoms with Crippen LogP contribution in [0.1, 0.15) is 40.9 Å². The molecule has 1 heteroatoms. The summed E-state index contributed by atoms with van der Waals surface area (Å²) in [5.41, 5.74) is -0.293. The van der Waals surface area contributed by atoms with E-state index in [9.17, 15) is 4.79 Å². The molecule has 0 aliphatic heterocycles. The fourth-order valence-corrected chi connectivity index (χ4v) is 1.24. The number of rotatable bonds is 0. The van der Waals surface area contributed by atoms with Crippen LogP contribution in [0.3, 0.4) is 0 Å². The summed E-state index contributed by atoms with van der Waals surface area (Å²) in [5.74, 6) is 0.300. The first-order chi connectivity index (χ1) is 4.69. The van der Waals surface area contributed by atoms with Gasteiger partial charge in [0, 0.05) is 13.2 Å². The highest BCUT2D eigenvalue weighted by molar-refractivity contribution is 5.84. The molecule has 1 aliphatic rings. The second kappa shape index (κ2) is 2.13. The molecule has 9 heavy (non-hydrogen) atoms. The van der Waals surface area contributed by atoms with Gasteiger partial charge in [0.25, 0.3) is 0 Å². The normalized spacial score (nSPS) is 38.3. The van der Waals surface area contributed by atoms with Gasteiger partial charge in [0.15, 0.2) is 0 Å². The van der Waals surface area contributed by atoms with Crippen LogP contribution in [0, 0.1) is 5.41 Å². The van der Waals surface area contributed by atoms with Gasteiger partial charge in [0.05, 0.1) is 0 Å². The Balaban J connectivity index is 2.63. The maximum absolute atomic E-state index is 11.2.